The summed E-state index contributed by atoms with van der Waals surface area (Å²) in [6.07, 6.45) is -1.40. The monoisotopic (exact) mass is 320 g/mol. The summed E-state index contributed by atoms with van der Waals surface area (Å²) in [6.45, 7) is 5.45. The molecule has 6 heteroatoms. The number of carbonyl (C=O) groups excluding carboxylic acids is 2. The van der Waals surface area contributed by atoms with Crippen LogP contribution in [-0.2, 0) is 19.1 Å². The summed E-state index contributed by atoms with van der Waals surface area (Å²) in [4.78, 5) is 35.0. The Morgan fingerprint density at radius 2 is 2.00 bits per heavy atom. The number of esters is 1. The third kappa shape index (κ3) is 6.04. The second kappa shape index (κ2) is 8.85. The van der Waals surface area contributed by atoms with Crippen LogP contribution in [0.1, 0.15) is 28.8 Å². The van der Waals surface area contributed by atoms with E-state index in [1.807, 2.05) is 13.0 Å². The van der Waals surface area contributed by atoms with Gasteiger partial charge in [-0.25, -0.2) is 4.79 Å². The molecule has 0 aliphatic rings. The molecular formula is C17H20O6. The number of benzene rings is 1. The van der Waals surface area contributed by atoms with Crippen molar-refractivity contribution in [3.05, 3.63) is 47.5 Å². The number of rotatable bonds is 9. The maximum Gasteiger partial charge on any atom is 0.334 e. The minimum atomic E-state index is -1.19. The van der Waals surface area contributed by atoms with Crippen molar-refractivity contribution in [1.29, 1.82) is 0 Å². The standard InChI is InChI=1S/C17H20O6/c1-11-5-4-6-13(9-11)16(20)14(7-8-22-3)23-17(21)12(2)10-15(18)19/h4-6,9,14H,2,7-8,10H2,1,3H3,(H,18,19). The number of hydrogen-bond acceptors (Lipinski definition) is 5. The number of aliphatic carboxylic acids is 1. The van der Waals surface area contributed by atoms with Crippen molar-refractivity contribution in [1.82, 2.24) is 0 Å². The SMILES string of the molecule is C=C(CC(=O)O)C(=O)OC(CCOC)C(=O)c1cccc(C)c1. The van der Waals surface area contributed by atoms with Crippen LogP contribution >= 0.6 is 0 Å². The van der Waals surface area contributed by atoms with Gasteiger partial charge < -0.3 is 14.6 Å². The van der Waals surface area contributed by atoms with E-state index in [1.165, 1.54) is 7.11 Å². The minimum absolute atomic E-state index is 0.176. The quantitative estimate of drug-likeness (QED) is 0.426. The zero-order chi connectivity index (χ0) is 17.4. The Labute approximate surface area is 134 Å². The molecule has 0 aliphatic carbocycles. The number of ether oxygens (including phenoxy) is 2. The zero-order valence-corrected chi connectivity index (χ0v) is 13.2. The van der Waals surface area contributed by atoms with Gasteiger partial charge in [0.1, 0.15) is 0 Å². The molecule has 6 nitrogen and oxygen atoms in total. The van der Waals surface area contributed by atoms with Crippen LogP contribution in [0.25, 0.3) is 0 Å². The molecule has 0 spiro atoms. The van der Waals surface area contributed by atoms with Crippen molar-refractivity contribution in [2.45, 2.75) is 25.9 Å². The number of hydrogen-bond donors (Lipinski definition) is 1. The molecule has 0 saturated carbocycles. The van der Waals surface area contributed by atoms with Crippen molar-refractivity contribution >= 4 is 17.7 Å². The van der Waals surface area contributed by atoms with Crippen LogP contribution in [0.3, 0.4) is 0 Å². The van der Waals surface area contributed by atoms with Crippen molar-refractivity contribution in [2.24, 2.45) is 0 Å². The summed E-state index contributed by atoms with van der Waals surface area (Å²) in [5.74, 6) is -2.44. The van der Waals surface area contributed by atoms with Gasteiger partial charge in [-0.1, -0.05) is 30.3 Å². The Balaban J connectivity index is 2.87. The van der Waals surface area contributed by atoms with Gasteiger partial charge in [-0.3, -0.25) is 9.59 Å². The van der Waals surface area contributed by atoms with Gasteiger partial charge in [0, 0.05) is 24.7 Å². The van der Waals surface area contributed by atoms with Crippen LogP contribution in [0.15, 0.2) is 36.4 Å². The normalized spacial score (nSPS) is 11.6. The molecule has 1 aromatic rings. The fraction of sp³-hybridized carbons (Fsp3) is 0.353. The maximum atomic E-state index is 12.5. The molecule has 23 heavy (non-hydrogen) atoms. The number of aryl methyl sites for hydroxylation is 1. The van der Waals surface area contributed by atoms with Gasteiger partial charge in [-0.05, 0) is 13.0 Å². The highest BCUT2D eigenvalue weighted by atomic mass is 16.5. The lowest BCUT2D eigenvalue weighted by Gasteiger charge is -2.17. The Morgan fingerprint density at radius 1 is 1.30 bits per heavy atom. The fourth-order valence-electron chi connectivity index (χ4n) is 1.92. The van der Waals surface area contributed by atoms with Crippen molar-refractivity contribution < 1.29 is 29.0 Å². The molecule has 0 heterocycles. The number of carboxylic acid groups (broad SMARTS) is 1. The van der Waals surface area contributed by atoms with E-state index in [4.69, 9.17) is 14.6 Å². The van der Waals surface area contributed by atoms with Crippen molar-refractivity contribution in [3.8, 4) is 0 Å². The highest BCUT2D eigenvalue weighted by Crippen LogP contribution is 2.14. The Morgan fingerprint density at radius 3 is 2.57 bits per heavy atom. The number of carbonyl (C=O) groups is 3. The Bertz CT molecular complexity index is 605. The van der Waals surface area contributed by atoms with Crippen LogP contribution in [0.4, 0.5) is 0 Å². The average Bonchev–Trinajstić information content (AvgIpc) is 2.49. The molecule has 1 N–H and O–H groups in total. The molecule has 1 atom stereocenters. The number of ketones is 1. The van der Waals surface area contributed by atoms with E-state index < -0.39 is 24.5 Å². The van der Waals surface area contributed by atoms with Gasteiger partial charge in [-0.15, -0.1) is 0 Å². The largest absolute Gasteiger partial charge is 0.481 e. The lowest BCUT2D eigenvalue weighted by atomic mass is 10.0. The second-order valence-corrected chi connectivity index (χ2v) is 5.08. The molecule has 0 aromatic heterocycles. The highest BCUT2D eigenvalue weighted by Gasteiger charge is 2.25. The molecule has 1 aromatic carbocycles. The molecule has 0 saturated heterocycles. The molecule has 0 amide bonds. The van der Waals surface area contributed by atoms with Crippen molar-refractivity contribution in [2.75, 3.05) is 13.7 Å². The maximum absolute atomic E-state index is 12.5. The topological polar surface area (TPSA) is 89.9 Å². The number of Topliss-reactive ketones (excluding diaryl/α,β-unsaturated/α-hetero) is 1. The van der Waals surface area contributed by atoms with Crippen LogP contribution in [0.5, 0.6) is 0 Å². The highest BCUT2D eigenvalue weighted by molar-refractivity contribution is 6.02. The number of carboxylic acids is 1. The van der Waals surface area contributed by atoms with E-state index in [2.05, 4.69) is 6.58 Å². The molecule has 1 rings (SSSR count). The summed E-state index contributed by atoms with van der Waals surface area (Å²) >= 11 is 0. The Hall–Kier alpha value is -2.47. The smallest absolute Gasteiger partial charge is 0.334 e. The summed E-state index contributed by atoms with van der Waals surface area (Å²) < 4.78 is 10.1. The summed E-state index contributed by atoms with van der Waals surface area (Å²) in [5, 5.41) is 8.67. The molecule has 0 aliphatic heterocycles. The lowest BCUT2D eigenvalue weighted by Crippen LogP contribution is -2.29. The fourth-order valence-corrected chi connectivity index (χ4v) is 1.92. The van der Waals surface area contributed by atoms with Crippen LogP contribution in [0, 0.1) is 6.92 Å². The van der Waals surface area contributed by atoms with Gasteiger partial charge in [0.05, 0.1) is 13.0 Å². The average molecular weight is 320 g/mol. The summed E-state index contributed by atoms with van der Waals surface area (Å²) in [7, 11) is 1.47. The van der Waals surface area contributed by atoms with Crippen LogP contribution in [-0.4, -0.2) is 42.6 Å². The molecule has 0 fully saturated rings. The second-order valence-electron chi connectivity index (χ2n) is 5.08. The summed E-state index contributed by atoms with van der Waals surface area (Å²) in [6, 6.07) is 6.92. The van der Waals surface area contributed by atoms with Crippen LogP contribution < -0.4 is 0 Å². The van der Waals surface area contributed by atoms with E-state index in [-0.39, 0.29) is 24.4 Å². The first-order valence-corrected chi connectivity index (χ1v) is 7.05. The van der Waals surface area contributed by atoms with Crippen molar-refractivity contribution in [3.63, 3.8) is 0 Å². The molecule has 0 bridgehead atoms. The first-order chi connectivity index (χ1) is 10.8. The lowest BCUT2D eigenvalue weighted by molar-refractivity contribution is -0.145. The van der Waals surface area contributed by atoms with E-state index in [0.29, 0.717) is 5.56 Å². The predicted octanol–water partition coefficient (Wildman–Crippen LogP) is 2.16. The van der Waals surface area contributed by atoms with Gasteiger partial charge in [0.2, 0.25) is 5.78 Å². The molecule has 0 radical (unpaired) electrons. The van der Waals surface area contributed by atoms with E-state index >= 15 is 0 Å². The first kappa shape index (κ1) is 18.6. The predicted molar refractivity (Wildman–Crippen MR) is 83.3 cm³/mol. The molecular weight excluding hydrogens is 300 g/mol. The zero-order valence-electron chi connectivity index (χ0n) is 13.2. The van der Waals surface area contributed by atoms with E-state index in [9.17, 15) is 14.4 Å². The molecule has 1 unspecified atom stereocenters. The summed E-state index contributed by atoms with van der Waals surface area (Å²) in [5.41, 5.74) is 1.11. The minimum Gasteiger partial charge on any atom is -0.481 e. The third-order valence-electron chi connectivity index (χ3n) is 3.08. The van der Waals surface area contributed by atoms with Gasteiger partial charge >= 0.3 is 11.9 Å². The van der Waals surface area contributed by atoms with Gasteiger partial charge in [-0.2, -0.15) is 0 Å². The first-order valence-electron chi connectivity index (χ1n) is 7.05. The molecule has 124 valence electrons. The number of methoxy groups -OCH3 is 1. The van der Waals surface area contributed by atoms with Crippen LogP contribution in [0.2, 0.25) is 0 Å². The third-order valence-corrected chi connectivity index (χ3v) is 3.08. The van der Waals surface area contributed by atoms with Gasteiger partial charge in [0.15, 0.2) is 6.10 Å². The van der Waals surface area contributed by atoms with E-state index in [1.54, 1.807) is 18.2 Å². The Kier molecular flexibility index (Phi) is 7.15. The van der Waals surface area contributed by atoms with E-state index in [0.717, 1.165) is 5.56 Å². The van der Waals surface area contributed by atoms with Gasteiger partial charge in [0.25, 0.3) is 0 Å².